The van der Waals surface area contributed by atoms with E-state index in [1.807, 2.05) is 61.5 Å². The monoisotopic (exact) mass is 297 g/mol. The van der Waals surface area contributed by atoms with E-state index in [0.717, 1.165) is 24.1 Å². The average Bonchev–Trinajstić information content (AvgIpc) is 2.52. The number of carbonyl (C=O) groups is 1. The van der Waals surface area contributed by atoms with Gasteiger partial charge in [-0.2, -0.15) is 0 Å². The molecule has 0 aliphatic heterocycles. The lowest BCUT2D eigenvalue weighted by Crippen LogP contribution is -2.13. The molecule has 116 valence electrons. The second-order valence-electron chi connectivity index (χ2n) is 5.75. The summed E-state index contributed by atoms with van der Waals surface area (Å²) in [7, 11) is 3.95. The summed E-state index contributed by atoms with van der Waals surface area (Å²) in [5.74, 6) is -1.18. The molecule has 3 heteroatoms. The quantitative estimate of drug-likeness (QED) is 0.841. The third-order valence-corrected chi connectivity index (χ3v) is 3.91. The normalized spacial score (nSPS) is 11.9. The summed E-state index contributed by atoms with van der Waals surface area (Å²) >= 11 is 0. The lowest BCUT2D eigenvalue weighted by atomic mass is 9.92. The standard InChI is InChI=1S/C19H23NO2/c1-20(2)17-13-11-16(12-14-17)18(19(21)22)10-6-9-15-7-4-3-5-8-15/h3-5,7-8,11-14,18H,6,9-10H2,1-2H3,(H,21,22). The van der Waals surface area contributed by atoms with Gasteiger partial charge in [0.15, 0.2) is 0 Å². The maximum absolute atomic E-state index is 11.6. The first-order valence-corrected chi connectivity index (χ1v) is 7.62. The van der Waals surface area contributed by atoms with Crippen molar-refractivity contribution in [1.82, 2.24) is 0 Å². The smallest absolute Gasteiger partial charge is 0.310 e. The SMILES string of the molecule is CN(C)c1ccc(C(CCCc2ccccc2)C(=O)O)cc1. The molecule has 0 aliphatic rings. The summed E-state index contributed by atoms with van der Waals surface area (Å²) in [5.41, 5.74) is 3.22. The van der Waals surface area contributed by atoms with Gasteiger partial charge < -0.3 is 10.0 Å². The van der Waals surface area contributed by atoms with Crippen LogP contribution < -0.4 is 4.90 Å². The van der Waals surface area contributed by atoms with E-state index in [2.05, 4.69) is 12.1 Å². The van der Waals surface area contributed by atoms with E-state index in [9.17, 15) is 9.90 Å². The molecule has 2 aromatic rings. The van der Waals surface area contributed by atoms with Crippen LogP contribution in [-0.2, 0) is 11.2 Å². The fraction of sp³-hybridized carbons (Fsp3) is 0.316. The van der Waals surface area contributed by atoms with E-state index in [1.165, 1.54) is 5.56 Å². The van der Waals surface area contributed by atoms with Crippen LogP contribution in [0.15, 0.2) is 54.6 Å². The first-order valence-electron chi connectivity index (χ1n) is 7.62. The average molecular weight is 297 g/mol. The molecule has 22 heavy (non-hydrogen) atoms. The van der Waals surface area contributed by atoms with Crippen LogP contribution in [0.1, 0.15) is 29.9 Å². The zero-order chi connectivity index (χ0) is 15.9. The second kappa shape index (κ2) is 7.64. The van der Waals surface area contributed by atoms with Gasteiger partial charge in [0.05, 0.1) is 5.92 Å². The Bertz CT molecular complexity index is 591. The number of anilines is 1. The fourth-order valence-electron chi connectivity index (χ4n) is 2.59. The largest absolute Gasteiger partial charge is 0.481 e. The molecule has 0 radical (unpaired) electrons. The van der Waals surface area contributed by atoms with Gasteiger partial charge in [0.25, 0.3) is 0 Å². The molecular formula is C19H23NO2. The van der Waals surface area contributed by atoms with Gasteiger partial charge in [-0.1, -0.05) is 42.5 Å². The van der Waals surface area contributed by atoms with Crippen molar-refractivity contribution in [3.05, 3.63) is 65.7 Å². The van der Waals surface area contributed by atoms with Crippen LogP contribution in [0.4, 0.5) is 5.69 Å². The highest BCUT2D eigenvalue weighted by Gasteiger charge is 2.19. The Morgan fingerprint density at radius 1 is 1.05 bits per heavy atom. The van der Waals surface area contributed by atoms with Crippen LogP contribution in [0.5, 0.6) is 0 Å². The Balaban J connectivity index is 1.99. The number of hydrogen-bond acceptors (Lipinski definition) is 2. The van der Waals surface area contributed by atoms with Gasteiger partial charge in [-0.05, 0) is 42.5 Å². The predicted octanol–water partition coefficient (Wildman–Crippen LogP) is 3.94. The van der Waals surface area contributed by atoms with Crippen molar-refractivity contribution in [1.29, 1.82) is 0 Å². The molecule has 0 aliphatic carbocycles. The first-order chi connectivity index (χ1) is 10.6. The van der Waals surface area contributed by atoms with Crippen LogP contribution in [0, 0.1) is 0 Å². The number of aryl methyl sites for hydroxylation is 1. The number of nitrogens with zero attached hydrogens (tertiary/aromatic N) is 1. The van der Waals surface area contributed by atoms with Gasteiger partial charge in [-0.25, -0.2) is 0 Å². The Morgan fingerprint density at radius 2 is 1.68 bits per heavy atom. The fourth-order valence-corrected chi connectivity index (χ4v) is 2.59. The lowest BCUT2D eigenvalue weighted by molar-refractivity contribution is -0.139. The number of benzene rings is 2. The van der Waals surface area contributed by atoms with E-state index in [4.69, 9.17) is 0 Å². The van der Waals surface area contributed by atoms with Crippen molar-refractivity contribution in [3.63, 3.8) is 0 Å². The minimum Gasteiger partial charge on any atom is -0.481 e. The minimum atomic E-state index is -0.745. The van der Waals surface area contributed by atoms with E-state index < -0.39 is 11.9 Å². The molecule has 2 aromatic carbocycles. The van der Waals surface area contributed by atoms with Crippen LogP contribution >= 0.6 is 0 Å². The first kappa shape index (κ1) is 16.1. The number of hydrogen-bond donors (Lipinski definition) is 1. The van der Waals surface area contributed by atoms with E-state index in [1.54, 1.807) is 0 Å². The number of rotatable bonds is 7. The molecule has 3 nitrogen and oxygen atoms in total. The van der Waals surface area contributed by atoms with E-state index in [-0.39, 0.29) is 0 Å². The van der Waals surface area contributed by atoms with E-state index in [0.29, 0.717) is 6.42 Å². The maximum atomic E-state index is 11.6. The number of carboxylic acid groups (broad SMARTS) is 1. The van der Waals surface area contributed by atoms with Crippen LogP contribution in [0.3, 0.4) is 0 Å². The van der Waals surface area contributed by atoms with Gasteiger partial charge in [0.1, 0.15) is 0 Å². The number of carboxylic acids is 1. The summed E-state index contributed by atoms with van der Waals surface area (Å²) in [6.07, 6.45) is 2.45. The molecule has 1 unspecified atom stereocenters. The molecule has 0 fully saturated rings. The van der Waals surface area contributed by atoms with Gasteiger partial charge in [-0.3, -0.25) is 4.79 Å². The van der Waals surface area contributed by atoms with Crippen molar-refractivity contribution in [2.24, 2.45) is 0 Å². The summed E-state index contributed by atoms with van der Waals surface area (Å²) in [6.45, 7) is 0. The topological polar surface area (TPSA) is 40.5 Å². The third-order valence-electron chi connectivity index (χ3n) is 3.91. The minimum absolute atomic E-state index is 0.431. The molecule has 1 N–H and O–H groups in total. The summed E-state index contributed by atoms with van der Waals surface area (Å²) in [6, 6.07) is 18.0. The van der Waals surface area contributed by atoms with Crippen molar-refractivity contribution in [3.8, 4) is 0 Å². The predicted molar refractivity (Wildman–Crippen MR) is 90.5 cm³/mol. The molecule has 0 saturated heterocycles. The van der Waals surface area contributed by atoms with Crippen LogP contribution in [0.25, 0.3) is 0 Å². The highest BCUT2D eigenvalue weighted by atomic mass is 16.4. The molecule has 0 spiro atoms. The zero-order valence-electron chi connectivity index (χ0n) is 13.2. The highest BCUT2D eigenvalue weighted by Crippen LogP contribution is 2.25. The summed E-state index contributed by atoms with van der Waals surface area (Å²) in [4.78, 5) is 13.6. The Morgan fingerprint density at radius 3 is 2.23 bits per heavy atom. The van der Waals surface area contributed by atoms with Gasteiger partial charge in [0, 0.05) is 19.8 Å². The molecule has 0 amide bonds. The third kappa shape index (κ3) is 4.35. The highest BCUT2D eigenvalue weighted by molar-refractivity contribution is 5.76. The molecular weight excluding hydrogens is 274 g/mol. The zero-order valence-corrected chi connectivity index (χ0v) is 13.2. The lowest BCUT2D eigenvalue weighted by Gasteiger charge is -2.16. The molecule has 0 heterocycles. The Kier molecular flexibility index (Phi) is 5.59. The van der Waals surface area contributed by atoms with E-state index >= 15 is 0 Å². The molecule has 2 rings (SSSR count). The Labute approximate surface area is 132 Å². The van der Waals surface area contributed by atoms with Crippen molar-refractivity contribution >= 4 is 11.7 Å². The molecule has 0 aromatic heterocycles. The number of aliphatic carboxylic acids is 1. The maximum Gasteiger partial charge on any atom is 0.310 e. The van der Waals surface area contributed by atoms with Crippen molar-refractivity contribution in [2.75, 3.05) is 19.0 Å². The van der Waals surface area contributed by atoms with Gasteiger partial charge in [-0.15, -0.1) is 0 Å². The van der Waals surface area contributed by atoms with Crippen LogP contribution in [-0.4, -0.2) is 25.2 Å². The van der Waals surface area contributed by atoms with Crippen molar-refractivity contribution < 1.29 is 9.90 Å². The molecule has 1 atom stereocenters. The van der Waals surface area contributed by atoms with Crippen LogP contribution in [0.2, 0.25) is 0 Å². The summed E-state index contributed by atoms with van der Waals surface area (Å²) < 4.78 is 0. The second-order valence-corrected chi connectivity index (χ2v) is 5.75. The summed E-state index contributed by atoms with van der Waals surface area (Å²) in [5, 5.41) is 9.49. The molecule has 0 bridgehead atoms. The van der Waals surface area contributed by atoms with Crippen molar-refractivity contribution in [2.45, 2.75) is 25.2 Å². The van der Waals surface area contributed by atoms with Gasteiger partial charge in [0.2, 0.25) is 0 Å². The van der Waals surface area contributed by atoms with Gasteiger partial charge >= 0.3 is 5.97 Å². The Hall–Kier alpha value is -2.29. The molecule has 0 saturated carbocycles.